The Morgan fingerprint density at radius 1 is 1.36 bits per heavy atom. The van der Waals surface area contributed by atoms with Crippen molar-refractivity contribution in [3.63, 3.8) is 0 Å². The minimum absolute atomic E-state index is 0.0849. The molecule has 28 heavy (non-hydrogen) atoms. The molecule has 2 aromatic rings. The minimum atomic E-state index is -4.62. The summed E-state index contributed by atoms with van der Waals surface area (Å²) in [5, 5.41) is 2.11. The van der Waals surface area contributed by atoms with Gasteiger partial charge in [-0.25, -0.2) is 14.5 Å². The molecule has 0 spiro atoms. The predicted molar refractivity (Wildman–Crippen MR) is 99.4 cm³/mol. The molecule has 6 nitrogen and oxygen atoms in total. The number of nitrogens with zero attached hydrogens (tertiary/aromatic N) is 2. The molecule has 1 aromatic heterocycles. The fourth-order valence-electron chi connectivity index (χ4n) is 2.49. The Hall–Kier alpha value is -1.96. The van der Waals surface area contributed by atoms with Crippen molar-refractivity contribution < 1.29 is 27.0 Å². The molecule has 1 heterocycles. The van der Waals surface area contributed by atoms with E-state index >= 15 is 0 Å². The molecule has 0 aliphatic rings. The largest absolute Gasteiger partial charge is 0.495 e. The van der Waals surface area contributed by atoms with E-state index in [9.17, 15) is 17.7 Å². The maximum absolute atomic E-state index is 12.7. The molecule has 1 aromatic carbocycles. The lowest BCUT2D eigenvalue weighted by molar-refractivity contribution is -0.137. The number of benzene rings is 1. The van der Waals surface area contributed by atoms with Gasteiger partial charge in [0, 0.05) is 6.20 Å². The molecule has 11 heteroatoms. The third kappa shape index (κ3) is 6.02. The standard InChI is InChI=1S/C17H18ClF3N3O3P/c1-3-10(9-27-28-25)6-11-4-5-13(14(7-11)26-2)23-16-22-8-12(15(18)24-16)17(19,20)21/h4-5,7-8,10H,3,6,9H2,1-2H3,(H,22,23,24). The van der Waals surface area contributed by atoms with Crippen molar-refractivity contribution in [3.05, 3.63) is 40.7 Å². The molecule has 0 saturated carbocycles. The Labute approximate surface area is 166 Å². The highest BCUT2D eigenvalue weighted by Crippen LogP contribution is 2.34. The molecule has 1 unspecified atom stereocenters. The molecule has 1 atom stereocenters. The summed E-state index contributed by atoms with van der Waals surface area (Å²) < 4.78 is 59.0. The Morgan fingerprint density at radius 2 is 2.11 bits per heavy atom. The first-order valence-corrected chi connectivity index (χ1v) is 9.37. The van der Waals surface area contributed by atoms with Gasteiger partial charge in [-0.3, -0.25) is 4.52 Å². The number of halogens is 4. The number of ether oxygens (including phenoxy) is 1. The maximum atomic E-state index is 12.7. The summed E-state index contributed by atoms with van der Waals surface area (Å²) in [5.41, 5.74) is 0.337. The Kier molecular flexibility index (Phi) is 7.98. The quantitative estimate of drug-likeness (QED) is 0.403. The van der Waals surface area contributed by atoms with E-state index in [4.69, 9.17) is 20.9 Å². The van der Waals surface area contributed by atoms with Crippen molar-refractivity contribution in [2.75, 3.05) is 19.0 Å². The number of alkyl halides is 3. The second kappa shape index (κ2) is 10.0. The fourth-order valence-corrected chi connectivity index (χ4v) is 3.00. The van der Waals surface area contributed by atoms with Crippen LogP contribution in [0.4, 0.5) is 24.8 Å². The van der Waals surface area contributed by atoms with Gasteiger partial charge in [0.05, 0.1) is 19.4 Å². The molecule has 0 saturated heterocycles. The molecule has 2 rings (SSSR count). The van der Waals surface area contributed by atoms with Gasteiger partial charge in [-0.1, -0.05) is 31.0 Å². The number of nitrogens with one attached hydrogen (secondary N) is 1. The van der Waals surface area contributed by atoms with E-state index in [1.807, 2.05) is 13.0 Å². The van der Waals surface area contributed by atoms with Crippen molar-refractivity contribution >= 4 is 31.9 Å². The van der Waals surface area contributed by atoms with E-state index in [0.717, 1.165) is 12.0 Å². The highest BCUT2D eigenvalue weighted by molar-refractivity contribution is 7.17. The van der Waals surface area contributed by atoms with Crippen molar-refractivity contribution in [3.8, 4) is 5.75 Å². The highest BCUT2D eigenvalue weighted by atomic mass is 35.5. The zero-order valence-electron chi connectivity index (χ0n) is 15.1. The topological polar surface area (TPSA) is 73.3 Å². The molecule has 0 bridgehead atoms. The number of rotatable bonds is 9. The van der Waals surface area contributed by atoms with Gasteiger partial charge in [0.1, 0.15) is 16.5 Å². The second-order valence-electron chi connectivity index (χ2n) is 5.90. The predicted octanol–water partition coefficient (Wildman–Crippen LogP) is 5.69. The van der Waals surface area contributed by atoms with Crippen LogP contribution in [0.3, 0.4) is 0 Å². The van der Waals surface area contributed by atoms with Crippen molar-refractivity contribution in [1.82, 2.24) is 9.97 Å². The van der Waals surface area contributed by atoms with Gasteiger partial charge in [0.2, 0.25) is 5.95 Å². The zero-order chi connectivity index (χ0) is 20.7. The van der Waals surface area contributed by atoms with Crippen LogP contribution < -0.4 is 10.1 Å². The Balaban J connectivity index is 2.18. The number of hydrogen-bond acceptors (Lipinski definition) is 6. The van der Waals surface area contributed by atoms with Crippen LogP contribution in [0.5, 0.6) is 5.75 Å². The van der Waals surface area contributed by atoms with Crippen molar-refractivity contribution in [2.24, 2.45) is 5.92 Å². The van der Waals surface area contributed by atoms with Crippen LogP contribution in [0.15, 0.2) is 24.4 Å². The summed E-state index contributed by atoms with van der Waals surface area (Å²) in [5.74, 6) is 0.565. The molecular weight excluding hydrogens is 418 g/mol. The van der Waals surface area contributed by atoms with Crippen LogP contribution in [0.1, 0.15) is 24.5 Å². The normalized spacial score (nSPS) is 12.8. The summed E-state index contributed by atoms with van der Waals surface area (Å²) in [6, 6.07) is 5.35. The third-order valence-electron chi connectivity index (χ3n) is 4.02. The average Bonchev–Trinajstić information content (AvgIpc) is 2.65. The van der Waals surface area contributed by atoms with Crippen LogP contribution in [-0.2, 0) is 21.7 Å². The lowest BCUT2D eigenvalue weighted by Gasteiger charge is -2.16. The second-order valence-corrected chi connectivity index (χ2v) is 6.67. The highest BCUT2D eigenvalue weighted by Gasteiger charge is 2.34. The molecule has 0 aliphatic heterocycles. The van der Waals surface area contributed by atoms with E-state index < -0.39 is 16.9 Å². The Morgan fingerprint density at radius 3 is 2.68 bits per heavy atom. The van der Waals surface area contributed by atoms with Gasteiger partial charge in [0.15, 0.2) is 0 Å². The number of aromatic nitrogens is 2. The number of hydrogen-bond donors (Lipinski definition) is 1. The van der Waals surface area contributed by atoms with Crippen LogP contribution in [0, 0.1) is 5.92 Å². The summed E-state index contributed by atoms with van der Waals surface area (Å²) in [4.78, 5) is 7.31. The van der Waals surface area contributed by atoms with Gasteiger partial charge in [-0.2, -0.15) is 13.2 Å². The first-order chi connectivity index (χ1) is 13.3. The maximum Gasteiger partial charge on any atom is 0.420 e. The van der Waals surface area contributed by atoms with E-state index in [2.05, 4.69) is 15.3 Å². The van der Waals surface area contributed by atoms with E-state index in [1.165, 1.54) is 7.11 Å². The zero-order valence-corrected chi connectivity index (χ0v) is 16.7. The molecule has 152 valence electrons. The van der Waals surface area contributed by atoms with Crippen LogP contribution >= 0.6 is 20.3 Å². The lowest BCUT2D eigenvalue weighted by Crippen LogP contribution is -2.10. The smallest absolute Gasteiger partial charge is 0.420 e. The molecule has 1 N–H and O–H groups in total. The monoisotopic (exact) mass is 435 g/mol. The van der Waals surface area contributed by atoms with E-state index in [1.54, 1.807) is 12.1 Å². The summed E-state index contributed by atoms with van der Waals surface area (Å²) in [6.07, 6.45) is -2.47. The van der Waals surface area contributed by atoms with Gasteiger partial charge in [-0.05, 0) is 30.0 Å². The van der Waals surface area contributed by atoms with E-state index in [0.29, 0.717) is 30.7 Å². The molecule has 0 amide bonds. The van der Waals surface area contributed by atoms with Gasteiger partial charge in [0.25, 0.3) is 0 Å². The molecular formula is C17H18ClF3N3O3P. The summed E-state index contributed by atoms with van der Waals surface area (Å²) in [6.45, 7) is 2.37. The number of anilines is 2. The average molecular weight is 436 g/mol. The first-order valence-electron chi connectivity index (χ1n) is 8.26. The van der Waals surface area contributed by atoms with Gasteiger partial charge in [-0.15, -0.1) is 0 Å². The SMILES string of the molecule is CCC(COP=O)Cc1ccc(Nc2ncc(C(F)(F)F)c(Cl)n2)c(OC)c1. The number of methoxy groups -OCH3 is 1. The summed E-state index contributed by atoms with van der Waals surface area (Å²) >= 11 is 5.62. The third-order valence-corrected chi connectivity index (χ3v) is 4.57. The lowest BCUT2D eigenvalue weighted by atomic mass is 9.97. The summed E-state index contributed by atoms with van der Waals surface area (Å²) in [7, 11) is 1.12. The molecule has 0 aliphatic carbocycles. The first kappa shape index (κ1) is 22.3. The van der Waals surface area contributed by atoms with Crippen LogP contribution in [0.2, 0.25) is 5.15 Å². The minimum Gasteiger partial charge on any atom is -0.495 e. The van der Waals surface area contributed by atoms with Crippen molar-refractivity contribution in [2.45, 2.75) is 25.9 Å². The van der Waals surface area contributed by atoms with Crippen LogP contribution in [-0.4, -0.2) is 23.7 Å². The van der Waals surface area contributed by atoms with E-state index in [-0.39, 0.29) is 20.6 Å². The van der Waals surface area contributed by atoms with Crippen molar-refractivity contribution in [1.29, 1.82) is 0 Å². The molecule has 0 radical (unpaired) electrons. The molecule has 0 fully saturated rings. The van der Waals surface area contributed by atoms with Crippen LogP contribution in [0.25, 0.3) is 0 Å². The van der Waals surface area contributed by atoms with Gasteiger partial charge < -0.3 is 10.1 Å². The van der Waals surface area contributed by atoms with Gasteiger partial charge >= 0.3 is 14.9 Å². The fraction of sp³-hybridized carbons (Fsp3) is 0.412. The Bertz CT molecular complexity index is 824.